The highest BCUT2D eigenvalue weighted by Gasteiger charge is 2.17. The molecule has 0 aliphatic carbocycles. The Morgan fingerprint density at radius 3 is 2.18 bits per heavy atom. The Labute approximate surface area is 194 Å². The highest BCUT2D eigenvalue weighted by Crippen LogP contribution is 2.36. The number of hydrogen-bond acceptors (Lipinski definition) is 1. The molecule has 33 heavy (non-hydrogen) atoms. The minimum absolute atomic E-state index is 0.928. The smallest absolute Gasteiger partial charge is 0.145 e. The second-order valence-corrected chi connectivity index (χ2v) is 9.14. The van der Waals surface area contributed by atoms with Crippen molar-refractivity contribution in [3.05, 3.63) is 119 Å². The minimum Gasteiger partial charge on any atom is -0.292 e. The van der Waals surface area contributed by atoms with E-state index in [1.54, 1.807) is 0 Å². The van der Waals surface area contributed by atoms with E-state index in [-0.39, 0.29) is 0 Å². The van der Waals surface area contributed by atoms with Crippen molar-refractivity contribution in [1.29, 1.82) is 0 Å². The van der Waals surface area contributed by atoms with E-state index in [2.05, 4.69) is 110 Å². The molecule has 0 N–H and O–H groups in total. The van der Waals surface area contributed by atoms with Crippen molar-refractivity contribution in [3.63, 3.8) is 0 Å². The van der Waals surface area contributed by atoms with Crippen LogP contribution in [0.5, 0.6) is 0 Å². The Bertz CT molecular complexity index is 1630. The van der Waals surface area contributed by atoms with Gasteiger partial charge in [-0.2, -0.15) is 0 Å². The van der Waals surface area contributed by atoms with Crippen LogP contribution in [0.1, 0.15) is 27.8 Å². The van der Waals surface area contributed by atoms with Crippen LogP contribution >= 0.6 is 0 Å². The van der Waals surface area contributed by atoms with Crippen molar-refractivity contribution in [2.75, 3.05) is 0 Å². The fourth-order valence-corrected chi connectivity index (χ4v) is 5.39. The molecule has 0 saturated carbocycles. The second-order valence-electron chi connectivity index (χ2n) is 9.14. The predicted octanol–water partition coefficient (Wildman–Crippen LogP) is 7.82. The number of aromatic nitrogens is 2. The molecule has 4 aromatic carbocycles. The molecule has 160 valence electrons. The number of hydrogen-bond donors (Lipinski definition) is 0. The van der Waals surface area contributed by atoms with Crippen LogP contribution in [0.25, 0.3) is 38.6 Å². The van der Waals surface area contributed by atoms with Gasteiger partial charge in [0.25, 0.3) is 0 Å². The van der Waals surface area contributed by atoms with Gasteiger partial charge in [-0.3, -0.25) is 4.40 Å². The third-order valence-corrected chi connectivity index (χ3v) is 6.71. The molecule has 2 aromatic heterocycles. The van der Waals surface area contributed by atoms with Crippen LogP contribution in [0, 0.1) is 20.8 Å². The zero-order chi connectivity index (χ0) is 22.5. The van der Waals surface area contributed by atoms with E-state index in [0.717, 1.165) is 17.8 Å². The van der Waals surface area contributed by atoms with E-state index < -0.39 is 0 Å². The van der Waals surface area contributed by atoms with Gasteiger partial charge in [0.2, 0.25) is 0 Å². The van der Waals surface area contributed by atoms with Crippen molar-refractivity contribution < 1.29 is 0 Å². The van der Waals surface area contributed by atoms with Crippen LogP contribution in [-0.4, -0.2) is 9.38 Å². The van der Waals surface area contributed by atoms with Crippen molar-refractivity contribution in [2.45, 2.75) is 27.2 Å². The van der Waals surface area contributed by atoms with Crippen LogP contribution in [0.3, 0.4) is 0 Å². The Morgan fingerprint density at radius 1 is 0.667 bits per heavy atom. The standard InChI is InChI=1S/C31H26N2/c1-20-15-21(2)30(22(3)16-20)29-19-32-31-26-14-13-24(17-23-9-5-4-6-10-23)18-27(26)25-11-7-8-12-28(25)33(29)31/h4-16,18-19H,17H2,1-3H3. The largest absolute Gasteiger partial charge is 0.292 e. The molecule has 2 heteroatoms. The van der Waals surface area contributed by atoms with Crippen molar-refractivity contribution in [1.82, 2.24) is 9.38 Å². The van der Waals surface area contributed by atoms with E-state index in [4.69, 9.17) is 4.98 Å². The monoisotopic (exact) mass is 426 g/mol. The SMILES string of the molecule is Cc1cc(C)c(-c2cnc3c4ccc(Cc5ccccc5)cc4c4ccccc4n23)c(C)c1. The van der Waals surface area contributed by atoms with Crippen molar-refractivity contribution in [3.8, 4) is 11.3 Å². The molecule has 0 fully saturated rings. The number of aryl methyl sites for hydroxylation is 3. The summed E-state index contributed by atoms with van der Waals surface area (Å²) in [6.45, 7) is 6.57. The number of fused-ring (bicyclic) bond motifs is 6. The highest BCUT2D eigenvalue weighted by molar-refractivity contribution is 6.12. The topological polar surface area (TPSA) is 17.3 Å². The van der Waals surface area contributed by atoms with Crippen molar-refractivity contribution in [2.24, 2.45) is 0 Å². The van der Waals surface area contributed by atoms with Gasteiger partial charge in [-0.1, -0.05) is 84.4 Å². The maximum Gasteiger partial charge on any atom is 0.145 e. The van der Waals surface area contributed by atoms with Gasteiger partial charge in [-0.15, -0.1) is 0 Å². The van der Waals surface area contributed by atoms with Crippen LogP contribution in [0.2, 0.25) is 0 Å². The van der Waals surface area contributed by atoms with E-state index in [1.807, 2.05) is 6.20 Å². The molecular weight excluding hydrogens is 400 g/mol. The lowest BCUT2D eigenvalue weighted by Gasteiger charge is -2.15. The van der Waals surface area contributed by atoms with Crippen LogP contribution < -0.4 is 0 Å². The average molecular weight is 427 g/mol. The Balaban J connectivity index is 1.65. The summed E-state index contributed by atoms with van der Waals surface area (Å²) in [5.74, 6) is 0. The molecule has 0 bridgehead atoms. The zero-order valence-electron chi connectivity index (χ0n) is 19.3. The van der Waals surface area contributed by atoms with E-state index in [0.29, 0.717) is 0 Å². The molecule has 2 heterocycles. The second kappa shape index (κ2) is 7.60. The lowest BCUT2D eigenvalue weighted by atomic mass is 9.97. The molecule has 0 radical (unpaired) electrons. The van der Waals surface area contributed by atoms with Gasteiger partial charge in [-0.05, 0) is 60.9 Å². The number of para-hydroxylation sites is 1. The number of nitrogens with zero attached hydrogens (tertiary/aromatic N) is 2. The zero-order valence-corrected chi connectivity index (χ0v) is 19.3. The van der Waals surface area contributed by atoms with Crippen molar-refractivity contribution >= 4 is 27.3 Å². The summed E-state index contributed by atoms with van der Waals surface area (Å²) >= 11 is 0. The summed E-state index contributed by atoms with van der Waals surface area (Å²) in [4.78, 5) is 4.95. The van der Waals surface area contributed by atoms with Crippen LogP contribution in [0.4, 0.5) is 0 Å². The van der Waals surface area contributed by atoms with E-state index >= 15 is 0 Å². The lowest BCUT2D eigenvalue weighted by molar-refractivity contribution is 1.20. The molecule has 0 amide bonds. The van der Waals surface area contributed by atoms with E-state index in [9.17, 15) is 0 Å². The number of benzene rings is 4. The summed E-state index contributed by atoms with van der Waals surface area (Å²) in [6.07, 6.45) is 2.97. The molecule has 2 nitrogen and oxygen atoms in total. The van der Waals surface area contributed by atoms with Gasteiger partial charge < -0.3 is 0 Å². The molecule has 6 rings (SSSR count). The Hall–Kier alpha value is -3.91. The van der Waals surface area contributed by atoms with Gasteiger partial charge in [0.15, 0.2) is 0 Å². The number of rotatable bonds is 3. The maximum atomic E-state index is 4.95. The molecule has 0 aliphatic rings. The van der Waals surface area contributed by atoms with Gasteiger partial charge >= 0.3 is 0 Å². The Kier molecular flexibility index (Phi) is 4.55. The summed E-state index contributed by atoms with van der Waals surface area (Å²) in [7, 11) is 0. The summed E-state index contributed by atoms with van der Waals surface area (Å²) < 4.78 is 2.35. The number of pyridine rings is 1. The average Bonchev–Trinajstić information content (AvgIpc) is 3.24. The van der Waals surface area contributed by atoms with Crippen LogP contribution in [-0.2, 0) is 6.42 Å². The van der Waals surface area contributed by atoms with Crippen LogP contribution in [0.15, 0.2) is 91.1 Å². The number of imidazole rings is 1. The first-order chi connectivity index (χ1) is 16.1. The third kappa shape index (κ3) is 3.22. The quantitative estimate of drug-likeness (QED) is 0.264. The molecule has 0 atom stereocenters. The van der Waals surface area contributed by atoms with Gasteiger partial charge in [0.05, 0.1) is 17.4 Å². The van der Waals surface area contributed by atoms with Gasteiger partial charge in [0.1, 0.15) is 5.65 Å². The first-order valence-corrected chi connectivity index (χ1v) is 11.5. The first kappa shape index (κ1) is 19.8. The van der Waals surface area contributed by atoms with E-state index in [1.165, 1.54) is 55.1 Å². The fourth-order valence-electron chi connectivity index (χ4n) is 5.39. The molecule has 0 saturated heterocycles. The first-order valence-electron chi connectivity index (χ1n) is 11.5. The third-order valence-electron chi connectivity index (χ3n) is 6.71. The highest BCUT2D eigenvalue weighted by atomic mass is 15.0. The van der Waals surface area contributed by atoms with Gasteiger partial charge in [-0.25, -0.2) is 4.98 Å². The minimum atomic E-state index is 0.928. The predicted molar refractivity (Wildman–Crippen MR) is 139 cm³/mol. The van der Waals surface area contributed by atoms with Gasteiger partial charge in [0, 0.05) is 16.3 Å². The summed E-state index contributed by atoms with van der Waals surface area (Å²) in [6, 6.07) is 30.8. The molecule has 6 aromatic rings. The molecule has 0 unspecified atom stereocenters. The fraction of sp³-hybridized carbons (Fsp3) is 0.129. The molecular formula is C31H26N2. The lowest BCUT2D eigenvalue weighted by Crippen LogP contribution is -1.97. The summed E-state index contributed by atoms with van der Waals surface area (Å²) in [5, 5.41) is 3.72. The normalized spacial score (nSPS) is 11.6. The summed E-state index contributed by atoms with van der Waals surface area (Å²) in [5.41, 5.74) is 11.2. The Morgan fingerprint density at radius 2 is 1.39 bits per heavy atom. The molecule has 0 spiro atoms. The maximum absolute atomic E-state index is 4.95. The molecule has 0 aliphatic heterocycles.